The summed E-state index contributed by atoms with van der Waals surface area (Å²) in [5, 5.41) is 5.78. The van der Waals surface area contributed by atoms with Crippen molar-refractivity contribution in [2.45, 2.75) is 25.7 Å². The number of nitrogens with zero attached hydrogens (tertiary/aromatic N) is 1. The van der Waals surface area contributed by atoms with Crippen LogP contribution in [0.15, 0.2) is 42.7 Å². The first-order valence-corrected chi connectivity index (χ1v) is 7.61. The Morgan fingerprint density at radius 2 is 2.08 bits per heavy atom. The summed E-state index contributed by atoms with van der Waals surface area (Å²) in [6.45, 7) is 4.37. The second kappa shape index (κ2) is 7.01. The summed E-state index contributed by atoms with van der Waals surface area (Å²) in [4.78, 5) is 27.8. The van der Waals surface area contributed by atoms with Gasteiger partial charge in [-0.3, -0.25) is 14.6 Å². The smallest absolute Gasteiger partial charge is 0.252 e. The Bertz CT molecular complexity index is 760. The quantitative estimate of drug-likeness (QED) is 0.895. The molecular weight excluding hydrogens is 326 g/mol. The van der Waals surface area contributed by atoms with Gasteiger partial charge >= 0.3 is 0 Å². The van der Waals surface area contributed by atoms with Gasteiger partial charge in [0.2, 0.25) is 5.91 Å². The molecule has 3 rings (SSSR count). The van der Waals surface area contributed by atoms with E-state index < -0.39 is 5.41 Å². The molecule has 0 aliphatic carbocycles. The fourth-order valence-corrected chi connectivity index (χ4v) is 2.69. The molecule has 0 saturated heterocycles. The van der Waals surface area contributed by atoms with E-state index in [1.165, 1.54) is 0 Å². The Morgan fingerprint density at radius 1 is 1.29 bits per heavy atom. The molecule has 0 bridgehead atoms. The van der Waals surface area contributed by atoms with Gasteiger partial charge in [-0.2, -0.15) is 0 Å². The van der Waals surface area contributed by atoms with Crippen molar-refractivity contribution in [2.24, 2.45) is 0 Å². The number of rotatable bonds is 4. The number of halogens is 1. The summed E-state index contributed by atoms with van der Waals surface area (Å²) in [5.74, 6) is -0.106. The lowest BCUT2D eigenvalue weighted by Gasteiger charge is -2.16. The Balaban J connectivity index is 0.00000208. The van der Waals surface area contributed by atoms with Crippen LogP contribution in [0.4, 0.5) is 5.69 Å². The molecule has 2 N–H and O–H groups in total. The lowest BCUT2D eigenvalue weighted by atomic mass is 9.85. The SMILES string of the molecule is CC1(C)C(=O)Nc2ccc(CCNC(=O)c3cccnc3)cc21.Cl. The minimum atomic E-state index is -0.510. The Kier molecular flexibility index (Phi) is 5.24. The van der Waals surface area contributed by atoms with Crippen LogP contribution in [0.1, 0.15) is 35.3 Å². The van der Waals surface area contributed by atoms with Crippen LogP contribution in [0, 0.1) is 0 Å². The van der Waals surface area contributed by atoms with Crippen molar-refractivity contribution >= 4 is 29.9 Å². The van der Waals surface area contributed by atoms with Crippen molar-refractivity contribution in [2.75, 3.05) is 11.9 Å². The summed E-state index contributed by atoms with van der Waals surface area (Å²) in [6.07, 6.45) is 3.90. The zero-order chi connectivity index (χ0) is 16.4. The summed E-state index contributed by atoms with van der Waals surface area (Å²) < 4.78 is 0. The molecule has 0 unspecified atom stereocenters. The van der Waals surface area contributed by atoms with E-state index in [9.17, 15) is 9.59 Å². The molecule has 0 spiro atoms. The Labute approximate surface area is 147 Å². The number of fused-ring (bicyclic) bond motifs is 1. The van der Waals surface area contributed by atoms with Gasteiger partial charge in [-0.05, 0) is 49.6 Å². The fourth-order valence-electron chi connectivity index (χ4n) is 2.69. The number of aromatic nitrogens is 1. The summed E-state index contributed by atoms with van der Waals surface area (Å²) in [7, 11) is 0. The largest absolute Gasteiger partial charge is 0.352 e. The van der Waals surface area contributed by atoms with Gasteiger partial charge in [0, 0.05) is 24.6 Å². The molecule has 1 aliphatic rings. The van der Waals surface area contributed by atoms with Crippen molar-refractivity contribution in [3.63, 3.8) is 0 Å². The van der Waals surface area contributed by atoms with E-state index in [1.807, 2.05) is 32.0 Å². The van der Waals surface area contributed by atoms with E-state index in [0.717, 1.165) is 16.8 Å². The van der Waals surface area contributed by atoms with Gasteiger partial charge in [-0.25, -0.2) is 0 Å². The second-order valence-corrected chi connectivity index (χ2v) is 6.21. The first kappa shape index (κ1) is 17.9. The van der Waals surface area contributed by atoms with Crippen molar-refractivity contribution in [3.8, 4) is 0 Å². The highest BCUT2D eigenvalue weighted by Crippen LogP contribution is 2.37. The first-order chi connectivity index (χ1) is 11.0. The number of amides is 2. The molecule has 0 fully saturated rings. The van der Waals surface area contributed by atoms with Crippen molar-refractivity contribution in [3.05, 3.63) is 59.4 Å². The molecule has 5 nitrogen and oxygen atoms in total. The topological polar surface area (TPSA) is 71.1 Å². The van der Waals surface area contributed by atoms with Gasteiger partial charge in [0.1, 0.15) is 0 Å². The molecular formula is C18H20ClN3O2. The third-order valence-electron chi connectivity index (χ3n) is 4.20. The number of hydrogen-bond acceptors (Lipinski definition) is 3. The molecule has 1 aromatic carbocycles. The Morgan fingerprint density at radius 3 is 2.79 bits per heavy atom. The predicted molar refractivity (Wildman–Crippen MR) is 95.6 cm³/mol. The average molecular weight is 346 g/mol. The number of pyridine rings is 1. The molecule has 0 saturated carbocycles. The number of hydrogen-bond donors (Lipinski definition) is 2. The third-order valence-corrected chi connectivity index (χ3v) is 4.20. The monoisotopic (exact) mass is 345 g/mol. The van der Waals surface area contributed by atoms with Gasteiger partial charge in [-0.15, -0.1) is 12.4 Å². The molecule has 2 aromatic rings. The maximum absolute atomic E-state index is 12.0. The summed E-state index contributed by atoms with van der Waals surface area (Å²) in [6, 6.07) is 9.43. The van der Waals surface area contributed by atoms with E-state index in [0.29, 0.717) is 18.5 Å². The zero-order valence-corrected chi connectivity index (χ0v) is 14.4. The minimum absolute atomic E-state index is 0. The first-order valence-electron chi connectivity index (χ1n) is 7.61. The molecule has 0 radical (unpaired) electrons. The highest BCUT2D eigenvalue weighted by atomic mass is 35.5. The van der Waals surface area contributed by atoms with Crippen LogP contribution in [-0.2, 0) is 16.6 Å². The van der Waals surface area contributed by atoms with Gasteiger partial charge < -0.3 is 10.6 Å². The van der Waals surface area contributed by atoms with Gasteiger partial charge in [-0.1, -0.05) is 12.1 Å². The minimum Gasteiger partial charge on any atom is -0.352 e. The molecule has 24 heavy (non-hydrogen) atoms. The fraction of sp³-hybridized carbons (Fsp3) is 0.278. The molecule has 1 aliphatic heterocycles. The average Bonchev–Trinajstić information content (AvgIpc) is 2.78. The maximum Gasteiger partial charge on any atom is 0.252 e. The molecule has 2 amide bonds. The Hall–Kier alpha value is -2.40. The lowest BCUT2D eigenvalue weighted by Crippen LogP contribution is -2.27. The van der Waals surface area contributed by atoms with E-state index in [4.69, 9.17) is 0 Å². The molecule has 1 aromatic heterocycles. The van der Waals surface area contributed by atoms with Crippen LogP contribution in [0.2, 0.25) is 0 Å². The second-order valence-electron chi connectivity index (χ2n) is 6.21. The summed E-state index contributed by atoms with van der Waals surface area (Å²) >= 11 is 0. The zero-order valence-electron chi connectivity index (χ0n) is 13.6. The van der Waals surface area contributed by atoms with Gasteiger partial charge in [0.05, 0.1) is 11.0 Å². The molecule has 2 heterocycles. The van der Waals surface area contributed by atoms with E-state index in [-0.39, 0.29) is 24.2 Å². The van der Waals surface area contributed by atoms with E-state index >= 15 is 0 Å². The third kappa shape index (κ3) is 3.41. The molecule has 126 valence electrons. The standard InChI is InChI=1S/C18H19N3O2.ClH/c1-18(2)14-10-12(5-6-15(14)21-17(18)23)7-9-20-16(22)13-4-3-8-19-11-13;/h3-6,8,10-11H,7,9H2,1-2H3,(H,20,22)(H,21,23);1H. The van der Waals surface area contributed by atoms with Crippen LogP contribution < -0.4 is 10.6 Å². The predicted octanol–water partition coefficient (Wildman–Crippen LogP) is 2.71. The van der Waals surface area contributed by atoms with Crippen LogP contribution in [0.25, 0.3) is 0 Å². The maximum atomic E-state index is 12.0. The number of carbonyl (C=O) groups excluding carboxylic acids is 2. The number of carbonyl (C=O) groups is 2. The highest BCUT2D eigenvalue weighted by molar-refractivity contribution is 6.05. The molecule has 6 heteroatoms. The van der Waals surface area contributed by atoms with Crippen LogP contribution >= 0.6 is 12.4 Å². The van der Waals surface area contributed by atoms with Gasteiger partial charge in [0.15, 0.2) is 0 Å². The number of benzene rings is 1. The van der Waals surface area contributed by atoms with Crippen molar-refractivity contribution in [1.29, 1.82) is 0 Å². The van der Waals surface area contributed by atoms with Crippen molar-refractivity contribution in [1.82, 2.24) is 10.3 Å². The van der Waals surface area contributed by atoms with Crippen molar-refractivity contribution < 1.29 is 9.59 Å². The lowest BCUT2D eigenvalue weighted by molar-refractivity contribution is -0.119. The van der Waals surface area contributed by atoms with Crippen LogP contribution in [0.3, 0.4) is 0 Å². The molecule has 0 atom stereocenters. The normalized spacial score (nSPS) is 14.3. The number of anilines is 1. The van der Waals surface area contributed by atoms with E-state index in [2.05, 4.69) is 15.6 Å². The summed E-state index contributed by atoms with van der Waals surface area (Å²) in [5.41, 5.74) is 3.03. The van der Waals surface area contributed by atoms with Crippen LogP contribution in [0.5, 0.6) is 0 Å². The highest BCUT2D eigenvalue weighted by Gasteiger charge is 2.38. The van der Waals surface area contributed by atoms with E-state index in [1.54, 1.807) is 24.5 Å². The van der Waals surface area contributed by atoms with Gasteiger partial charge in [0.25, 0.3) is 5.91 Å². The number of nitrogens with one attached hydrogen (secondary N) is 2. The van der Waals surface area contributed by atoms with Crippen LogP contribution in [-0.4, -0.2) is 23.3 Å².